The van der Waals surface area contributed by atoms with Crippen LogP contribution >= 0.6 is 15.9 Å². The van der Waals surface area contributed by atoms with Crippen LogP contribution in [0.5, 0.6) is 0 Å². The number of carbonyl (C=O) groups is 1. The van der Waals surface area contributed by atoms with Crippen molar-refractivity contribution in [2.75, 3.05) is 5.32 Å². The first-order valence-electron chi connectivity index (χ1n) is 5.65. The summed E-state index contributed by atoms with van der Waals surface area (Å²) in [6, 6.07) is 7.73. The third kappa shape index (κ3) is 3.18. The van der Waals surface area contributed by atoms with Crippen molar-refractivity contribution >= 4 is 33.2 Å². The molecule has 1 amide bonds. The topological polar surface area (TPSA) is 85.1 Å². The van der Waals surface area contributed by atoms with Crippen LogP contribution in [0.4, 0.5) is 11.4 Å². The van der Waals surface area contributed by atoms with Crippen molar-refractivity contribution in [3.05, 3.63) is 62.4 Å². The highest BCUT2D eigenvalue weighted by Crippen LogP contribution is 2.25. The molecule has 0 unspecified atom stereocenters. The molecule has 0 bridgehead atoms. The van der Waals surface area contributed by atoms with Crippen molar-refractivity contribution in [3.63, 3.8) is 0 Å². The van der Waals surface area contributed by atoms with Gasteiger partial charge in [-0.25, -0.2) is 4.98 Å². The smallest absolute Gasteiger partial charge is 0.292 e. The number of hydrogen-bond acceptors (Lipinski definition) is 4. The molecular formula is C13H10BrN3O3. The van der Waals surface area contributed by atoms with Gasteiger partial charge in [-0.1, -0.05) is 6.07 Å². The van der Waals surface area contributed by atoms with E-state index in [9.17, 15) is 14.9 Å². The van der Waals surface area contributed by atoms with Crippen LogP contribution in [0, 0.1) is 17.0 Å². The number of nitro groups is 1. The molecule has 1 heterocycles. The van der Waals surface area contributed by atoms with Crippen molar-refractivity contribution in [2.45, 2.75) is 6.92 Å². The number of aromatic nitrogens is 1. The van der Waals surface area contributed by atoms with Crippen LogP contribution in [0.25, 0.3) is 0 Å². The minimum Gasteiger partial charge on any atom is -0.315 e. The highest BCUT2D eigenvalue weighted by Gasteiger charge is 2.17. The van der Waals surface area contributed by atoms with E-state index in [0.29, 0.717) is 0 Å². The number of pyridine rings is 1. The van der Waals surface area contributed by atoms with Gasteiger partial charge in [-0.3, -0.25) is 14.9 Å². The quantitative estimate of drug-likeness (QED) is 0.688. The molecule has 102 valence electrons. The lowest BCUT2D eigenvalue weighted by Crippen LogP contribution is -2.14. The minimum absolute atomic E-state index is 0.152. The van der Waals surface area contributed by atoms with Gasteiger partial charge in [-0.2, -0.15) is 0 Å². The van der Waals surface area contributed by atoms with E-state index < -0.39 is 10.8 Å². The van der Waals surface area contributed by atoms with Crippen LogP contribution in [-0.2, 0) is 0 Å². The second kappa shape index (κ2) is 5.79. The SMILES string of the molecule is Cc1ccc([N+](=O)[O-])c(NC(=O)c2ccc(Br)cn2)c1. The first kappa shape index (κ1) is 14.1. The van der Waals surface area contributed by atoms with Gasteiger partial charge in [-0.15, -0.1) is 0 Å². The summed E-state index contributed by atoms with van der Waals surface area (Å²) in [7, 11) is 0. The van der Waals surface area contributed by atoms with Crippen molar-refractivity contribution in [3.8, 4) is 0 Å². The molecule has 6 nitrogen and oxygen atoms in total. The van der Waals surface area contributed by atoms with E-state index in [4.69, 9.17) is 0 Å². The maximum absolute atomic E-state index is 12.0. The van der Waals surface area contributed by atoms with E-state index in [0.717, 1.165) is 10.0 Å². The third-order valence-electron chi connectivity index (χ3n) is 2.56. The average Bonchev–Trinajstić information content (AvgIpc) is 2.39. The number of anilines is 1. The Bertz CT molecular complexity index is 671. The van der Waals surface area contributed by atoms with Gasteiger partial charge in [0.2, 0.25) is 0 Å². The molecular weight excluding hydrogens is 326 g/mol. The van der Waals surface area contributed by atoms with Gasteiger partial charge >= 0.3 is 0 Å². The lowest BCUT2D eigenvalue weighted by Gasteiger charge is -2.06. The summed E-state index contributed by atoms with van der Waals surface area (Å²) in [5.41, 5.74) is 1.00. The first-order chi connectivity index (χ1) is 9.47. The monoisotopic (exact) mass is 335 g/mol. The van der Waals surface area contributed by atoms with Crippen LogP contribution in [0.1, 0.15) is 16.1 Å². The molecule has 0 fully saturated rings. The standard InChI is InChI=1S/C13H10BrN3O3/c1-8-2-5-12(17(19)20)11(6-8)16-13(18)10-4-3-9(14)7-15-10/h2-7H,1H3,(H,16,18). The third-order valence-corrected chi connectivity index (χ3v) is 3.03. The maximum Gasteiger partial charge on any atom is 0.292 e. The number of carbonyl (C=O) groups excluding carboxylic acids is 1. The zero-order chi connectivity index (χ0) is 14.7. The Hall–Kier alpha value is -2.28. The van der Waals surface area contributed by atoms with E-state index in [1.807, 2.05) is 0 Å². The lowest BCUT2D eigenvalue weighted by molar-refractivity contribution is -0.383. The number of nitrogens with one attached hydrogen (secondary N) is 1. The number of rotatable bonds is 3. The molecule has 0 aliphatic heterocycles. The number of nitrogens with zero attached hydrogens (tertiary/aromatic N) is 2. The molecule has 0 radical (unpaired) electrons. The molecule has 0 aliphatic rings. The molecule has 1 aromatic carbocycles. The number of hydrogen-bond donors (Lipinski definition) is 1. The van der Waals surface area contributed by atoms with Gasteiger partial charge < -0.3 is 5.32 Å². The van der Waals surface area contributed by atoms with Crippen LogP contribution in [0.3, 0.4) is 0 Å². The van der Waals surface area contributed by atoms with Gasteiger partial charge in [-0.05, 0) is 46.6 Å². The summed E-state index contributed by atoms with van der Waals surface area (Å²) < 4.78 is 0.746. The van der Waals surface area contributed by atoms with Crippen molar-refractivity contribution in [1.82, 2.24) is 4.98 Å². The molecule has 20 heavy (non-hydrogen) atoms. The normalized spacial score (nSPS) is 10.1. The van der Waals surface area contributed by atoms with Crippen LogP contribution in [-0.4, -0.2) is 15.8 Å². The number of benzene rings is 1. The highest BCUT2D eigenvalue weighted by atomic mass is 79.9. The minimum atomic E-state index is -0.538. The molecule has 2 aromatic rings. The average molecular weight is 336 g/mol. The Morgan fingerprint density at radius 1 is 1.35 bits per heavy atom. The maximum atomic E-state index is 12.0. The molecule has 0 saturated heterocycles. The van der Waals surface area contributed by atoms with E-state index in [2.05, 4.69) is 26.2 Å². The Labute approximate surface area is 123 Å². The fourth-order valence-electron chi connectivity index (χ4n) is 1.61. The van der Waals surface area contributed by atoms with E-state index >= 15 is 0 Å². The molecule has 0 atom stereocenters. The number of halogens is 1. The predicted molar refractivity (Wildman–Crippen MR) is 77.7 cm³/mol. The number of nitro benzene ring substituents is 1. The summed E-state index contributed by atoms with van der Waals surface area (Å²) >= 11 is 3.22. The first-order valence-corrected chi connectivity index (χ1v) is 6.44. The second-order valence-corrected chi connectivity index (χ2v) is 5.01. The fourth-order valence-corrected chi connectivity index (χ4v) is 1.84. The fraction of sp³-hybridized carbons (Fsp3) is 0.0769. The van der Waals surface area contributed by atoms with Crippen LogP contribution < -0.4 is 5.32 Å². The van der Waals surface area contributed by atoms with E-state index in [1.165, 1.54) is 18.3 Å². The van der Waals surface area contributed by atoms with Crippen LogP contribution in [0.15, 0.2) is 41.0 Å². The van der Waals surface area contributed by atoms with Crippen LogP contribution in [0.2, 0.25) is 0 Å². The van der Waals surface area contributed by atoms with Gasteiger partial charge in [0.05, 0.1) is 4.92 Å². The summed E-state index contributed by atoms with van der Waals surface area (Å²) in [4.78, 5) is 26.3. The summed E-state index contributed by atoms with van der Waals surface area (Å²) in [6.07, 6.45) is 1.49. The molecule has 0 aliphatic carbocycles. The Morgan fingerprint density at radius 2 is 2.10 bits per heavy atom. The number of amides is 1. The van der Waals surface area contributed by atoms with E-state index in [-0.39, 0.29) is 17.1 Å². The summed E-state index contributed by atoms with van der Waals surface area (Å²) in [5, 5.41) is 13.4. The number of aryl methyl sites for hydroxylation is 1. The largest absolute Gasteiger partial charge is 0.315 e. The van der Waals surface area contributed by atoms with Gasteiger partial charge in [0.1, 0.15) is 11.4 Å². The molecule has 0 spiro atoms. The Balaban J connectivity index is 2.29. The zero-order valence-electron chi connectivity index (χ0n) is 10.5. The lowest BCUT2D eigenvalue weighted by atomic mass is 10.2. The summed E-state index contributed by atoms with van der Waals surface area (Å²) in [5.74, 6) is -0.494. The Morgan fingerprint density at radius 3 is 2.70 bits per heavy atom. The van der Waals surface area contributed by atoms with Crippen molar-refractivity contribution in [2.24, 2.45) is 0 Å². The van der Waals surface area contributed by atoms with E-state index in [1.54, 1.807) is 25.1 Å². The molecule has 2 rings (SSSR count). The molecule has 7 heteroatoms. The molecule has 0 saturated carbocycles. The van der Waals surface area contributed by atoms with Gasteiger partial charge in [0.25, 0.3) is 11.6 Å². The second-order valence-electron chi connectivity index (χ2n) is 4.09. The molecule has 1 N–H and O–H groups in total. The highest BCUT2D eigenvalue weighted by molar-refractivity contribution is 9.10. The zero-order valence-corrected chi connectivity index (χ0v) is 12.0. The van der Waals surface area contributed by atoms with Gasteiger partial charge in [0, 0.05) is 16.7 Å². The van der Waals surface area contributed by atoms with Crippen molar-refractivity contribution in [1.29, 1.82) is 0 Å². The molecule has 1 aromatic heterocycles. The summed E-state index contributed by atoms with van der Waals surface area (Å²) in [6.45, 7) is 1.79. The Kier molecular flexibility index (Phi) is 4.09. The van der Waals surface area contributed by atoms with Crippen molar-refractivity contribution < 1.29 is 9.72 Å². The van der Waals surface area contributed by atoms with Gasteiger partial charge in [0.15, 0.2) is 0 Å². The predicted octanol–water partition coefficient (Wildman–Crippen LogP) is 3.31.